The van der Waals surface area contributed by atoms with E-state index in [0.29, 0.717) is 26.1 Å². The number of aliphatic hydroxyl groups excluding tert-OH is 1. The molecule has 0 fully saturated rings. The molecular weight excluding hydrogens is 440 g/mol. The molecule has 208 valence electrons. The van der Waals surface area contributed by atoms with Crippen LogP contribution in [0.2, 0.25) is 0 Å². The third kappa shape index (κ3) is 30.9. The molecule has 0 rings (SSSR count). The summed E-state index contributed by atoms with van der Waals surface area (Å²) in [6.45, 7) is 0.919. The van der Waals surface area contributed by atoms with E-state index in [4.69, 9.17) is 14.9 Å². The van der Waals surface area contributed by atoms with Gasteiger partial charge in [0.05, 0.1) is 6.61 Å². The largest absolute Gasteiger partial charge is 0.481 e. The minimum Gasteiger partial charge on any atom is -0.481 e. The molecule has 0 radical (unpaired) electrons. The van der Waals surface area contributed by atoms with Crippen molar-refractivity contribution in [3.05, 3.63) is 0 Å². The lowest BCUT2D eigenvalue weighted by Crippen LogP contribution is -2.05. The van der Waals surface area contributed by atoms with Gasteiger partial charge in [-0.15, -0.1) is 0 Å². The number of hydrogen-bond acceptors (Lipinski definition) is 4. The van der Waals surface area contributed by atoms with Crippen LogP contribution >= 0.6 is 0 Å². The summed E-state index contributed by atoms with van der Waals surface area (Å²) in [6, 6.07) is 0. The molecule has 0 aromatic carbocycles. The van der Waals surface area contributed by atoms with E-state index in [1.165, 1.54) is 109 Å². The Kier molecular flexibility index (Phi) is 28.2. The normalized spacial score (nSPS) is 11.1. The minimum absolute atomic E-state index is 0.0193. The number of hydrogen-bond donors (Lipinski definition) is 2. The Labute approximate surface area is 216 Å². The summed E-state index contributed by atoms with van der Waals surface area (Å²) in [7, 11) is 0. The van der Waals surface area contributed by atoms with Gasteiger partial charge in [-0.25, -0.2) is 0 Å². The van der Waals surface area contributed by atoms with Crippen LogP contribution in [0.5, 0.6) is 0 Å². The molecular formula is C30H58O5. The van der Waals surface area contributed by atoms with Crippen LogP contribution in [0.1, 0.15) is 167 Å². The van der Waals surface area contributed by atoms with Crippen molar-refractivity contribution in [3.63, 3.8) is 0 Å². The standard InChI is InChI=1S/C30H58O5/c31-27-23-19-15-11-7-3-1-6-10-14-18-22-26-30(34)35-28-24-20-16-12-8-4-2-5-9-13-17-21-25-29(32)33/h31H,1-28H2,(H,32,33). The fraction of sp³-hybridized carbons (Fsp3) is 0.933. The van der Waals surface area contributed by atoms with Crippen molar-refractivity contribution >= 4 is 11.9 Å². The number of carboxylic acids is 1. The van der Waals surface area contributed by atoms with Crippen LogP contribution in [0, 0.1) is 0 Å². The molecule has 0 unspecified atom stereocenters. The van der Waals surface area contributed by atoms with Crippen molar-refractivity contribution in [1.29, 1.82) is 0 Å². The summed E-state index contributed by atoms with van der Waals surface area (Å²) >= 11 is 0. The highest BCUT2D eigenvalue weighted by Gasteiger charge is 2.03. The number of aliphatic carboxylic acids is 1. The average molecular weight is 499 g/mol. The quantitative estimate of drug-likeness (QED) is 0.0795. The van der Waals surface area contributed by atoms with Crippen LogP contribution in [0.15, 0.2) is 0 Å². The fourth-order valence-corrected chi connectivity index (χ4v) is 4.55. The first-order chi connectivity index (χ1) is 17.2. The molecule has 5 nitrogen and oxygen atoms in total. The molecule has 0 saturated carbocycles. The first-order valence-electron chi connectivity index (χ1n) is 15.1. The number of aliphatic hydroxyl groups is 1. The van der Waals surface area contributed by atoms with Gasteiger partial charge in [-0.05, 0) is 25.7 Å². The van der Waals surface area contributed by atoms with Crippen molar-refractivity contribution in [1.82, 2.24) is 0 Å². The molecule has 0 aromatic rings. The highest BCUT2D eigenvalue weighted by atomic mass is 16.5. The lowest BCUT2D eigenvalue weighted by molar-refractivity contribution is -0.144. The minimum atomic E-state index is -0.677. The Morgan fingerprint density at radius 2 is 0.743 bits per heavy atom. The molecule has 0 spiro atoms. The van der Waals surface area contributed by atoms with E-state index in [2.05, 4.69) is 0 Å². The zero-order valence-corrected chi connectivity index (χ0v) is 22.9. The molecule has 0 aromatic heterocycles. The zero-order valence-electron chi connectivity index (χ0n) is 22.9. The number of carbonyl (C=O) groups is 2. The predicted octanol–water partition coefficient (Wildman–Crippen LogP) is 8.75. The van der Waals surface area contributed by atoms with E-state index in [9.17, 15) is 9.59 Å². The van der Waals surface area contributed by atoms with E-state index in [0.717, 1.165) is 44.9 Å². The summed E-state index contributed by atoms with van der Waals surface area (Å²) in [5.41, 5.74) is 0. The van der Waals surface area contributed by atoms with Gasteiger partial charge >= 0.3 is 11.9 Å². The van der Waals surface area contributed by atoms with E-state index < -0.39 is 5.97 Å². The van der Waals surface area contributed by atoms with Crippen molar-refractivity contribution in [2.45, 2.75) is 167 Å². The lowest BCUT2D eigenvalue weighted by atomic mass is 10.0. The Balaban J connectivity index is 3.15. The van der Waals surface area contributed by atoms with Gasteiger partial charge in [0.1, 0.15) is 0 Å². The van der Waals surface area contributed by atoms with E-state index >= 15 is 0 Å². The molecule has 0 bridgehead atoms. The van der Waals surface area contributed by atoms with Crippen LogP contribution in [-0.2, 0) is 14.3 Å². The van der Waals surface area contributed by atoms with Gasteiger partial charge in [0, 0.05) is 19.4 Å². The number of carbonyl (C=O) groups excluding carboxylic acids is 1. The van der Waals surface area contributed by atoms with Crippen LogP contribution in [0.3, 0.4) is 0 Å². The summed E-state index contributed by atoms with van der Waals surface area (Å²) < 4.78 is 5.38. The first kappa shape index (κ1) is 33.9. The van der Waals surface area contributed by atoms with Gasteiger partial charge in [-0.2, -0.15) is 0 Å². The average Bonchev–Trinajstić information content (AvgIpc) is 2.84. The second-order valence-corrected chi connectivity index (χ2v) is 10.3. The van der Waals surface area contributed by atoms with Crippen molar-refractivity contribution in [2.75, 3.05) is 13.2 Å². The van der Waals surface area contributed by atoms with E-state index in [1.807, 2.05) is 0 Å². The SMILES string of the molecule is O=C(O)CCCCCCCCCCCCCCOC(=O)CCCCCCCCCCCCCCO. The van der Waals surface area contributed by atoms with Gasteiger partial charge in [-0.3, -0.25) is 9.59 Å². The highest BCUT2D eigenvalue weighted by Crippen LogP contribution is 2.14. The fourth-order valence-electron chi connectivity index (χ4n) is 4.55. The molecule has 0 aliphatic rings. The number of ether oxygens (including phenoxy) is 1. The Bertz CT molecular complexity index is 452. The maximum atomic E-state index is 11.8. The van der Waals surface area contributed by atoms with Crippen LogP contribution < -0.4 is 0 Å². The third-order valence-corrected chi connectivity index (χ3v) is 6.84. The number of esters is 1. The molecule has 0 aliphatic heterocycles. The summed E-state index contributed by atoms with van der Waals surface area (Å²) in [4.78, 5) is 22.3. The molecule has 35 heavy (non-hydrogen) atoms. The van der Waals surface area contributed by atoms with Gasteiger partial charge in [-0.1, -0.05) is 128 Å². The number of unbranched alkanes of at least 4 members (excludes halogenated alkanes) is 22. The van der Waals surface area contributed by atoms with E-state index in [1.54, 1.807) is 0 Å². The molecule has 0 saturated heterocycles. The van der Waals surface area contributed by atoms with Gasteiger partial charge in [0.15, 0.2) is 0 Å². The maximum absolute atomic E-state index is 11.8. The van der Waals surface area contributed by atoms with Gasteiger partial charge < -0.3 is 14.9 Å². The zero-order chi connectivity index (χ0) is 25.7. The van der Waals surface area contributed by atoms with E-state index in [-0.39, 0.29) is 5.97 Å². The van der Waals surface area contributed by atoms with Crippen LogP contribution in [0.25, 0.3) is 0 Å². The first-order valence-corrected chi connectivity index (χ1v) is 15.1. The van der Waals surface area contributed by atoms with Crippen molar-refractivity contribution in [2.24, 2.45) is 0 Å². The topological polar surface area (TPSA) is 83.8 Å². The summed E-state index contributed by atoms with van der Waals surface area (Å²) in [6.07, 6.45) is 29.6. The molecule has 0 heterocycles. The summed E-state index contributed by atoms with van der Waals surface area (Å²) in [5, 5.41) is 17.4. The smallest absolute Gasteiger partial charge is 0.305 e. The molecule has 5 heteroatoms. The predicted molar refractivity (Wildman–Crippen MR) is 146 cm³/mol. The third-order valence-electron chi connectivity index (χ3n) is 6.84. The Morgan fingerprint density at radius 1 is 0.429 bits per heavy atom. The molecule has 0 amide bonds. The van der Waals surface area contributed by atoms with Gasteiger partial charge in [0.2, 0.25) is 0 Å². The van der Waals surface area contributed by atoms with Gasteiger partial charge in [0.25, 0.3) is 0 Å². The Morgan fingerprint density at radius 3 is 1.11 bits per heavy atom. The Hall–Kier alpha value is -1.10. The number of rotatable bonds is 29. The monoisotopic (exact) mass is 498 g/mol. The van der Waals surface area contributed by atoms with Crippen LogP contribution in [-0.4, -0.2) is 35.4 Å². The van der Waals surface area contributed by atoms with Crippen molar-refractivity contribution in [3.8, 4) is 0 Å². The summed E-state index contributed by atoms with van der Waals surface area (Å²) in [5.74, 6) is -0.696. The van der Waals surface area contributed by atoms with Crippen LogP contribution in [0.4, 0.5) is 0 Å². The maximum Gasteiger partial charge on any atom is 0.305 e. The highest BCUT2D eigenvalue weighted by molar-refractivity contribution is 5.69. The number of carboxylic acid groups (broad SMARTS) is 1. The lowest BCUT2D eigenvalue weighted by Gasteiger charge is -2.06. The molecule has 0 atom stereocenters. The van der Waals surface area contributed by atoms with Crippen molar-refractivity contribution < 1.29 is 24.5 Å². The second kappa shape index (κ2) is 29.1. The molecule has 0 aliphatic carbocycles. The second-order valence-electron chi connectivity index (χ2n) is 10.3. The molecule has 2 N–H and O–H groups in total.